The molecule has 0 aliphatic heterocycles. The largest absolute Gasteiger partial charge is 0.326 e. The number of nitrogens with zero attached hydrogens (tertiary/aromatic N) is 1. The summed E-state index contributed by atoms with van der Waals surface area (Å²) in [5.41, 5.74) is 1.61. The molecule has 0 fully saturated rings. The van der Waals surface area contributed by atoms with Gasteiger partial charge in [0.15, 0.2) is 0 Å². The maximum absolute atomic E-state index is 13.0. The van der Waals surface area contributed by atoms with Crippen molar-refractivity contribution >= 4 is 35.0 Å². The zero-order valence-electron chi connectivity index (χ0n) is 14.4. The minimum atomic E-state index is -0.367. The molecule has 3 rings (SSSR count). The van der Waals surface area contributed by atoms with E-state index in [1.54, 1.807) is 30.5 Å². The Labute approximate surface area is 160 Å². The Balaban J connectivity index is 1.76. The van der Waals surface area contributed by atoms with Crippen molar-refractivity contribution in [1.29, 1.82) is 0 Å². The molecule has 5 nitrogen and oxygen atoms in total. The molecule has 0 aliphatic rings. The summed E-state index contributed by atoms with van der Waals surface area (Å²) in [5, 5.41) is 5.98. The molecular weight excluding hydrogens is 365 g/mol. The number of hydrogen-bond acceptors (Lipinski definition) is 4. The van der Waals surface area contributed by atoms with E-state index in [4.69, 9.17) is 0 Å². The van der Waals surface area contributed by atoms with E-state index in [1.807, 2.05) is 12.1 Å². The number of carbonyl (C=O) groups excluding carboxylic acids is 2. The van der Waals surface area contributed by atoms with E-state index in [-0.39, 0.29) is 17.6 Å². The van der Waals surface area contributed by atoms with Crippen LogP contribution in [-0.2, 0) is 4.79 Å². The standard InChI is InChI=1S/C20H16FN3O2S/c1-13(25)23-15-8-10-17(11-9-15)27-20-18(3-2-12-22-20)19(26)24-16-6-4-14(21)5-7-16/h2-12H,1H3,(H,23,25)(H,24,26). The highest BCUT2D eigenvalue weighted by Gasteiger charge is 2.14. The van der Waals surface area contributed by atoms with Gasteiger partial charge in [-0.3, -0.25) is 9.59 Å². The highest BCUT2D eigenvalue weighted by molar-refractivity contribution is 7.99. The molecule has 2 aromatic carbocycles. The van der Waals surface area contributed by atoms with Crippen LogP contribution in [0.2, 0.25) is 0 Å². The van der Waals surface area contributed by atoms with Gasteiger partial charge in [0.2, 0.25) is 5.91 Å². The smallest absolute Gasteiger partial charge is 0.258 e. The van der Waals surface area contributed by atoms with Gasteiger partial charge < -0.3 is 10.6 Å². The Morgan fingerprint density at radius 2 is 1.56 bits per heavy atom. The lowest BCUT2D eigenvalue weighted by Gasteiger charge is -2.09. The number of aromatic nitrogens is 1. The Morgan fingerprint density at radius 3 is 2.22 bits per heavy atom. The van der Waals surface area contributed by atoms with E-state index in [0.717, 1.165) is 4.90 Å². The van der Waals surface area contributed by atoms with Gasteiger partial charge in [0.1, 0.15) is 10.8 Å². The van der Waals surface area contributed by atoms with E-state index in [0.29, 0.717) is 22.0 Å². The predicted octanol–water partition coefficient (Wildman–Crippen LogP) is 4.58. The molecule has 0 unspecified atom stereocenters. The van der Waals surface area contributed by atoms with Crippen molar-refractivity contribution in [3.05, 3.63) is 78.2 Å². The van der Waals surface area contributed by atoms with Gasteiger partial charge in [0.05, 0.1) is 5.56 Å². The van der Waals surface area contributed by atoms with Gasteiger partial charge in [-0.05, 0) is 60.7 Å². The van der Waals surface area contributed by atoms with Gasteiger partial charge in [-0.2, -0.15) is 0 Å². The van der Waals surface area contributed by atoms with Crippen LogP contribution >= 0.6 is 11.8 Å². The Kier molecular flexibility index (Phi) is 5.83. The van der Waals surface area contributed by atoms with Gasteiger partial charge in [-0.1, -0.05) is 11.8 Å². The highest BCUT2D eigenvalue weighted by atomic mass is 32.2. The molecule has 0 aliphatic carbocycles. The third kappa shape index (κ3) is 5.15. The topological polar surface area (TPSA) is 71.1 Å². The van der Waals surface area contributed by atoms with Gasteiger partial charge in [-0.25, -0.2) is 9.37 Å². The monoisotopic (exact) mass is 381 g/mol. The lowest BCUT2D eigenvalue weighted by molar-refractivity contribution is -0.114. The minimum absolute atomic E-state index is 0.139. The molecule has 1 aromatic heterocycles. The summed E-state index contributed by atoms with van der Waals surface area (Å²) in [7, 11) is 0. The molecule has 2 amide bonds. The van der Waals surface area contributed by atoms with Gasteiger partial charge in [0.25, 0.3) is 5.91 Å². The molecular formula is C20H16FN3O2S. The first-order valence-corrected chi connectivity index (χ1v) is 8.90. The number of halogens is 1. The number of benzene rings is 2. The van der Waals surface area contributed by atoms with Crippen molar-refractivity contribution < 1.29 is 14.0 Å². The lowest BCUT2D eigenvalue weighted by atomic mass is 10.2. The molecule has 136 valence electrons. The second-order valence-corrected chi connectivity index (χ2v) is 6.69. The predicted molar refractivity (Wildman–Crippen MR) is 103 cm³/mol. The maximum Gasteiger partial charge on any atom is 0.258 e. The van der Waals surface area contributed by atoms with Crippen LogP contribution in [-0.4, -0.2) is 16.8 Å². The molecule has 0 spiro atoms. The zero-order valence-corrected chi connectivity index (χ0v) is 15.2. The molecule has 1 heterocycles. The fraction of sp³-hybridized carbons (Fsp3) is 0.0500. The van der Waals surface area contributed by atoms with E-state index >= 15 is 0 Å². The molecule has 3 aromatic rings. The summed E-state index contributed by atoms with van der Waals surface area (Å²) in [6.07, 6.45) is 1.61. The molecule has 0 saturated heterocycles. The van der Waals surface area contributed by atoms with E-state index in [2.05, 4.69) is 15.6 Å². The van der Waals surface area contributed by atoms with Crippen molar-refractivity contribution in [3.8, 4) is 0 Å². The molecule has 2 N–H and O–H groups in total. The quantitative estimate of drug-likeness (QED) is 0.678. The number of amides is 2. The van der Waals surface area contributed by atoms with Crippen molar-refractivity contribution in [2.75, 3.05) is 10.6 Å². The van der Waals surface area contributed by atoms with Crippen LogP contribution in [0.25, 0.3) is 0 Å². The first-order chi connectivity index (χ1) is 13.0. The summed E-state index contributed by atoms with van der Waals surface area (Å²) in [4.78, 5) is 28.8. The molecule has 0 saturated carbocycles. The fourth-order valence-electron chi connectivity index (χ4n) is 2.30. The van der Waals surface area contributed by atoms with Gasteiger partial charge in [-0.15, -0.1) is 0 Å². The summed E-state index contributed by atoms with van der Waals surface area (Å²) in [5.74, 6) is -0.833. The first-order valence-electron chi connectivity index (χ1n) is 8.09. The summed E-state index contributed by atoms with van der Waals surface area (Å²) < 4.78 is 13.0. The number of carbonyl (C=O) groups is 2. The average molecular weight is 381 g/mol. The Morgan fingerprint density at radius 1 is 0.926 bits per heavy atom. The Hall–Kier alpha value is -3.19. The van der Waals surface area contributed by atoms with Gasteiger partial charge >= 0.3 is 0 Å². The van der Waals surface area contributed by atoms with Gasteiger partial charge in [0, 0.05) is 29.4 Å². The molecule has 0 atom stereocenters. The second-order valence-electron chi connectivity index (χ2n) is 5.62. The number of hydrogen-bond donors (Lipinski definition) is 2. The SMILES string of the molecule is CC(=O)Nc1ccc(Sc2ncccc2C(=O)Nc2ccc(F)cc2)cc1. The van der Waals surface area contributed by atoms with Crippen LogP contribution in [0.15, 0.2) is 76.8 Å². The van der Waals surface area contributed by atoms with Crippen LogP contribution in [0.4, 0.5) is 15.8 Å². The number of rotatable bonds is 5. The minimum Gasteiger partial charge on any atom is -0.326 e. The molecule has 7 heteroatoms. The first kappa shape index (κ1) is 18.6. The molecule has 0 bridgehead atoms. The van der Waals surface area contributed by atoms with Crippen molar-refractivity contribution in [2.24, 2.45) is 0 Å². The molecule has 0 radical (unpaired) electrons. The second kappa shape index (κ2) is 8.46. The van der Waals surface area contributed by atoms with Crippen molar-refractivity contribution in [3.63, 3.8) is 0 Å². The summed E-state index contributed by atoms with van der Waals surface area (Å²) >= 11 is 1.34. The van der Waals surface area contributed by atoms with Crippen LogP contribution in [0.1, 0.15) is 17.3 Å². The highest BCUT2D eigenvalue weighted by Crippen LogP contribution is 2.30. The third-order valence-corrected chi connectivity index (χ3v) is 4.53. The summed E-state index contributed by atoms with van der Waals surface area (Å²) in [6.45, 7) is 1.45. The van der Waals surface area contributed by atoms with E-state index in [1.165, 1.54) is 43.0 Å². The zero-order chi connectivity index (χ0) is 19.2. The lowest BCUT2D eigenvalue weighted by Crippen LogP contribution is -2.13. The number of anilines is 2. The van der Waals surface area contributed by atoms with Crippen LogP contribution in [0, 0.1) is 5.82 Å². The van der Waals surface area contributed by atoms with Crippen molar-refractivity contribution in [1.82, 2.24) is 4.98 Å². The molecule has 27 heavy (non-hydrogen) atoms. The van der Waals surface area contributed by atoms with Crippen molar-refractivity contribution in [2.45, 2.75) is 16.8 Å². The van der Waals surface area contributed by atoms with Crippen LogP contribution in [0.3, 0.4) is 0 Å². The normalized spacial score (nSPS) is 10.3. The maximum atomic E-state index is 13.0. The number of nitrogens with one attached hydrogen (secondary N) is 2. The van der Waals surface area contributed by atoms with E-state index < -0.39 is 0 Å². The average Bonchev–Trinajstić information content (AvgIpc) is 2.65. The van der Waals surface area contributed by atoms with Crippen LogP contribution in [0.5, 0.6) is 0 Å². The Bertz CT molecular complexity index is 960. The van der Waals surface area contributed by atoms with E-state index in [9.17, 15) is 14.0 Å². The fourth-order valence-corrected chi connectivity index (χ4v) is 3.18. The van der Waals surface area contributed by atoms with Crippen LogP contribution < -0.4 is 10.6 Å². The summed E-state index contributed by atoms with van der Waals surface area (Å²) in [6, 6.07) is 16.2. The third-order valence-electron chi connectivity index (χ3n) is 3.51. The number of pyridine rings is 1.